The standard InChI is InChI=1S/C30H38FN3O3/c1-30(13-2-14-30)20-33-15-11-21(12-16-33)19-37-26-9-7-23(8-10-26)22-3-5-24(6-4-22)29(36)34-18-25(31)17-27(34)28(32)35/h3-10,21,25,27H,2,11-20H2,1H3,(H2,32,35)/t25-,27-/m0/s1. The molecule has 2 amide bonds. The normalized spacial score (nSPS) is 24.0. The second-order valence-corrected chi connectivity index (χ2v) is 11.5. The molecule has 2 N–H and O–H groups in total. The van der Waals surface area contributed by atoms with Crippen molar-refractivity contribution in [2.45, 2.75) is 57.7 Å². The molecule has 2 aromatic rings. The van der Waals surface area contributed by atoms with Gasteiger partial charge in [0.1, 0.15) is 18.0 Å². The number of hydrogen-bond acceptors (Lipinski definition) is 4. The summed E-state index contributed by atoms with van der Waals surface area (Å²) in [6.45, 7) is 6.69. The van der Waals surface area contributed by atoms with E-state index in [9.17, 15) is 14.0 Å². The molecule has 1 aliphatic carbocycles. The Balaban J connectivity index is 1.11. The number of carbonyl (C=O) groups is 2. The molecule has 2 aromatic carbocycles. The maximum absolute atomic E-state index is 13.8. The van der Waals surface area contributed by atoms with Crippen LogP contribution in [-0.4, -0.2) is 66.6 Å². The number of primary amides is 1. The third-order valence-corrected chi connectivity index (χ3v) is 8.52. The Morgan fingerprint density at radius 3 is 2.22 bits per heavy atom. The van der Waals surface area contributed by atoms with Gasteiger partial charge in [-0.1, -0.05) is 37.6 Å². The highest BCUT2D eigenvalue weighted by Gasteiger charge is 2.39. The van der Waals surface area contributed by atoms with Gasteiger partial charge in [0.05, 0.1) is 13.2 Å². The molecule has 0 unspecified atom stereocenters. The lowest BCUT2D eigenvalue weighted by molar-refractivity contribution is -0.121. The lowest BCUT2D eigenvalue weighted by Gasteiger charge is -2.44. The average Bonchev–Trinajstić information content (AvgIpc) is 3.29. The van der Waals surface area contributed by atoms with E-state index in [1.807, 2.05) is 36.4 Å². The maximum atomic E-state index is 13.8. The van der Waals surface area contributed by atoms with Gasteiger partial charge in [0.15, 0.2) is 0 Å². The second-order valence-electron chi connectivity index (χ2n) is 11.5. The molecule has 0 spiro atoms. The van der Waals surface area contributed by atoms with E-state index < -0.39 is 18.1 Å². The van der Waals surface area contributed by atoms with Crippen LogP contribution in [0.4, 0.5) is 4.39 Å². The number of halogens is 1. The van der Waals surface area contributed by atoms with Crippen molar-refractivity contribution < 1.29 is 18.7 Å². The summed E-state index contributed by atoms with van der Waals surface area (Å²) in [5, 5.41) is 0. The minimum atomic E-state index is -1.23. The van der Waals surface area contributed by atoms with Crippen LogP contribution in [-0.2, 0) is 4.79 Å². The fourth-order valence-electron chi connectivity index (χ4n) is 6.00. The Hall–Kier alpha value is -2.93. The summed E-state index contributed by atoms with van der Waals surface area (Å²) in [5.41, 5.74) is 8.32. The molecule has 2 heterocycles. The number of amides is 2. The molecule has 6 nitrogen and oxygen atoms in total. The lowest BCUT2D eigenvalue weighted by Crippen LogP contribution is -2.44. The van der Waals surface area contributed by atoms with Gasteiger partial charge in [0, 0.05) is 18.5 Å². The van der Waals surface area contributed by atoms with Crippen LogP contribution in [0, 0.1) is 11.3 Å². The van der Waals surface area contributed by atoms with Crippen molar-refractivity contribution in [2.75, 3.05) is 32.8 Å². The van der Waals surface area contributed by atoms with E-state index in [1.165, 1.54) is 56.6 Å². The summed E-state index contributed by atoms with van der Waals surface area (Å²) in [6, 6.07) is 14.3. The number of benzene rings is 2. The summed E-state index contributed by atoms with van der Waals surface area (Å²) in [6.07, 6.45) is 5.29. The average molecular weight is 508 g/mol. The minimum absolute atomic E-state index is 0.0355. The zero-order valence-electron chi connectivity index (χ0n) is 21.7. The van der Waals surface area contributed by atoms with Gasteiger partial charge >= 0.3 is 0 Å². The Kier molecular flexibility index (Phi) is 7.52. The minimum Gasteiger partial charge on any atom is -0.493 e. The summed E-state index contributed by atoms with van der Waals surface area (Å²) in [4.78, 5) is 28.3. The van der Waals surface area contributed by atoms with E-state index in [2.05, 4.69) is 11.8 Å². The van der Waals surface area contributed by atoms with Crippen LogP contribution in [0.15, 0.2) is 48.5 Å². The van der Waals surface area contributed by atoms with Crippen LogP contribution in [0.2, 0.25) is 0 Å². The van der Waals surface area contributed by atoms with Crippen molar-refractivity contribution in [1.82, 2.24) is 9.80 Å². The highest BCUT2D eigenvalue weighted by atomic mass is 19.1. The summed E-state index contributed by atoms with van der Waals surface area (Å²) in [7, 11) is 0. The monoisotopic (exact) mass is 507 g/mol. The molecule has 37 heavy (non-hydrogen) atoms. The molecule has 5 rings (SSSR count). The number of rotatable bonds is 8. The summed E-state index contributed by atoms with van der Waals surface area (Å²) >= 11 is 0. The number of likely N-dealkylation sites (tertiary alicyclic amines) is 2. The van der Waals surface area contributed by atoms with Crippen LogP contribution < -0.4 is 10.5 Å². The van der Waals surface area contributed by atoms with Gasteiger partial charge in [-0.25, -0.2) is 4.39 Å². The molecule has 2 atom stereocenters. The summed E-state index contributed by atoms with van der Waals surface area (Å²) in [5.74, 6) is 0.429. The number of nitrogens with two attached hydrogens (primary N) is 1. The first-order valence-electron chi connectivity index (χ1n) is 13.6. The molecule has 2 saturated heterocycles. The molecule has 2 aliphatic heterocycles. The van der Waals surface area contributed by atoms with Gasteiger partial charge in [0.2, 0.25) is 5.91 Å². The van der Waals surface area contributed by atoms with E-state index in [1.54, 1.807) is 12.1 Å². The molecule has 3 aliphatic rings. The van der Waals surface area contributed by atoms with Gasteiger partial charge < -0.3 is 20.3 Å². The number of nitrogens with zero attached hydrogens (tertiary/aromatic N) is 2. The number of ether oxygens (including phenoxy) is 1. The third kappa shape index (κ3) is 5.98. The predicted octanol–water partition coefficient (Wildman–Crippen LogP) is 4.67. The molecular weight excluding hydrogens is 469 g/mol. The van der Waals surface area contributed by atoms with Gasteiger partial charge in [-0.3, -0.25) is 9.59 Å². The van der Waals surface area contributed by atoms with Crippen LogP contribution in [0.1, 0.15) is 55.8 Å². The van der Waals surface area contributed by atoms with Gasteiger partial charge in [0.25, 0.3) is 5.91 Å². The van der Waals surface area contributed by atoms with Crippen molar-refractivity contribution in [1.29, 1.82) is 0 Å². The van der Waals surface area contributed by atoms with Crippen LogP contribution in [0.25, 0.3) is 11.1 Å². The maximum Gasteiger partial charge on any atom is 0.254 e. The van der Waals surface area contributed by atoms with Crippen molar-refractivity contribution in [3.63, 3.8) is 0 Å². The quantitative estimate of drug-likeness (QED) is 0.563. The third-order valence-electron chi connectivity index (χ3n) is 8.52. The highest BCUT2D eigenvalue weighted by Crippen LogP contribution is 2.41. The number of piperidine rings is 1. The van der Waals surface area contributed by atoms with Crippen LogP contribution >= 0.6 is 0 Å². The fraction of sp³-hybridized carbons (Fsp3) is 0.533. The Morgan fingerprint density at radius 1 is 1.03 bits per heavy atom. The van der Waals surface area contributed by atoms with Crippen molar-refractivity contribution in [2.24, 2.45) is 17.1 Å². The SMILES string of the molecule is CC1(CN2CCC(COc3ccc(-c4ccc(C(=O)N5C[C@@H](F)C[C@H]5C(N)=O)cc4)cc3)CC2)CCC1. The van der Waals surface area contributed by atoms with Crippen molar-refractivity contribution in [3.05, 3.63) is 54.1 Å². The smallest absolute Gasteiger partial charge is 0.254 e. The predicted molar refractivity (Wildman–Crippen MR) is 142 cm³/mol. The first-order chi connectivity index (χ1) is 17.8. The Bertz CT molecular complexity index is 1090. The highest BCUT2D eigenvalue weighted by molar-refractivity contribution is 5.98. The van der Waals surface area contributed by atoms with Gasteiger partial charge in [-0.15, -0.1) is 0 Å². The van der Waals surface area contributed by atoms with E-state index >= 15 is 0 Å². The topological polar surface area (TPSA) is 75.9 Å². The number of hydrogen-bond donors (Lipinski definition) is 1. The van der Waals surface area contributed by atoms with Crippen molar-refractivity contribution in [3.8, 4) is 16.9 Å². The molecule has 1 saturated carbocycles. The van der Waals surface area contributed by atoms with E-state index in [-0.39, 0.29) is 18.9 Å². The van der Waals surface area contributed by atoms with E-state index in [0.29, 0.717) is 16.9 Å². The molecule has 0 bridgehead atoms. The zero-order chi connectivity index (χ0) is 26.0. The van der Waals surface area contributed by atoms with Gasteiger partial charge in [-0.2, -0.15) is 0 Å². The van der Waals surface area contributed by atoms with E-state index in [4.69, 9.17) is 10.5 Å². The van der Waals surface area contributed by atoms with E-state index in [0.717, 1.165) is 23.5 Å². The zero-order valence-corrected chi connectivity index (χ0v) is 21.7. The summed E-state index contributed by atoms with van der Waals surface area (Å²) < 4.78 is 19.9. The number of alkyl halides is 1. The Morgan fingerprint density at radius 2 is 1.65 bits per heavy atom. The fourth-order valence-corrected chi connectivity index (χ4v) is 6.00. The van der Waals surface area contributed by atoms with Crippen molar-refractivity contribution >= 4 is 11.8 Å². The van der Waals surface area contributed by atoms with Gasteiger partial charge in [-0.05, 0) is 85.5 Å². The molecule has 0 radical (unpaired) electrons. The molecular formula is C30H38FN3O3. The number of carbonyl (C=O) groups excluding carboxylic acids is 2. The lowest BCUT2D eigenvalue weighted by atomic mass is 9.70. The second kappa shape index (κ2) is 10.8. The van der Waals surface area contributed by atoms with Crippen LogP contribution in [0.3, 0.4) is 0 Å². The molecule has 198 valence electrons. The first kappa shape index (κ1) is 25.7. The first-order valence-corrected chi connectivity index (χ1v) is 13.6. The largest absolute Gasteiger partial charge is 0.493 e. The molecule has 7 heteroatoms. The molecule has 3 fully saturated rings. The van der Waals surface area contributed by atoms with Crippen LogP contribution in [0.5, 0.6) is 5.75 Å². The Labute approximate surface area is 219 Å². The molecule has 0 aromatic heterocycles.